The lowest BCUT2D eigenvalue weighted by atomic mass is 10.2. The summed E-state index contributed by atoms with van der Waals surface area (Å²) in [5.74, 6) is -0.242. The van der Waals surface area contributed by atoms with E-state index in [1.165, 1.54) is 16.6 Å². The Balaban J connectivity index is 1.58. The molecule has 1 aliphatic heterocycles. The average Bonchev–Trinajstić information content (AvgIpc) is 2.73. The van der Waals surface area contributed by atoms with E-state index in [0.717, 1.165) is 5.56 Å². The van der Waals surface area contributed by atoms with Crippen molar-refractivity contribution in [1.82, 2.24) is 9.21 Å². The van der Waals surface area contributed by atoms with Crippen LogP contribution >= 0.6 is 0 Å². The molecule has 0 spiro atoms. The number of hydrogen-bond acceptors (Lipinski definition) is 5. The standard InChI is InChI=1S/C21H22N2O5S/c1-17(24)28-20-9-7-19(8-10-20)21(25)22-12-14-23(15-13-22)29(26,27)16-11-18-5-3-2-4-6-18/h2-11,16H,12-15H2,1H3/b16-11+. The molecule has 1 saturated heterocycles. The van der Waals surface area contributed by atoms with Crippen LogP contribution in [0.15, 0.2) is 60.0 Å². The highest BCUT2D eigenvalue weighted by Gasteiger charge is 2.27. The normalized spacial score (nSPS) is 15.4. The zero-order chi connectivity index (χ0) is 20.9. The summed E-state index contributed by atoms with van der Waals surface area (Å²) in [5, 5.41) is 1.20. The maximum absolute atomic E-state index is 12.6. The third-order valence-electron chi connectivity index (χ3n) is 4.48. The number of esters is 1. The Labute approximate surface area is 170 Å². The van der Waals surface area contributed by atoms with Crippen molar-refractivity contribution >= 4 is 28.0 Å². The van der Waals surface area contributed by atoms with Gasteiger partial charge in [-0.3, -0.25) is 9.59 Å². The lowest BCUT2D eigenvalue weighted by Crippen LogP contribution is -2.50. The van der Waals surface area contributed by atoms with Crippen LogP contribution in [0.1, 0.15) is 22.8 Å². The fourth-order valence-corrected chi connectivity index (χ4v) is 4.15. The third kappa shape index (κ3) is 5.52. The van der Waals surface area contributed by atoms with Gasteiger partial charge in [0.15, 0.2) is 0 Å². The van der Waals surface area contributed by atoms with Crippen molar-refractivity contribution in [2.24, 2.45) is 0 Å². The quantitative estimate of drug-likeness (QED) is 0.554. The first-order valence-electron chi connectivity index (χ1n) is 9.16. The molecule has 1 heterocycles. The van der Waals surface area contributed by atoms with Gasteiger partial charge in [-0.1, -0.05) is 30.3 Å². The Kier molecular flexibility index (Phi) is 6.46. The molecule has 7 nitrogen and oxygen atoms in total. The molecule has 8 heteroatoms. The number of carbonyl (C=O) groups is 2. The minimum absolute atomic E-state index is 0.184. The summed E-state index contributed by atoms with van der Waals surface area (Å²) >= 11 is 0. The minimum Gasteiger partial charge on any atom is -0.427 e. The van der Waals surface area contributed by atoms with Gasteiger partial charge in [-0.05, 0) is 35.9 Å². The molecule has 0 radical (unpaired) electrons. The zero-order valence-electron chi connectivity index (χ0n) is 16.0. The van der Waals surface area contributed by atoms with E-state index in [2.05, 4.69) is 0 Å². The smallest absolute Gasteiger partial charge is 0.308 e. The Hall–Kier alpha value is -2.97. The van der Waals surface area contributed by atoms with Crippen molar-refractivity contribution in [1.29, 1.82) is 0 Å². The molecule has 0 aromatic heterocycles. The molecule has 0 atom stereocenters. The molecule has 152 valence electrons. The summed E-state index contributed by atoms with van der Waals surface area (Å²) in [5.41, 5.74) is 1.27. The van der Waals surface area contributed by atoms with Gasteiger partial charge >= 0.3 is 5.97 Å². The molecule has 2 aromatic carbocycles. The number of hydrogen-bond donors (Lipinski definition) is 0. The van der Waals surface area contributed by atoms with Crippen molar-refractivity contribution in [3.05, 3.63) is 71.1 Å². The molecule has 1 amide bonds. The van der Waals surface area contributed by atoms with Crippen LogP contribution in [0, 0.1) is 0 Å². The molecule has 0 aliphatic carbocycles. The Morgan fingerprint density at radius 3 is 2.14 bits per heavy atom. The fraction of sp³-hybridized carbons (Fsp3) is 0.238. The molecule has 1 aliphatic rings. The molecule has 2 aromatic rings. The second kappa shape index (κ2) is 9.02. The number of amides is 1. The number of ether oxygens (including phenoxy) is 1. The van der Waals surface area contributed by atoms with Crippen molar-refractivity contribution in [3.8, 4) is 5.75 Å². The maximum Gasteiger partial charge on any atom is 0.308 e. The SMILES string of the molecule is CC(=O)Oc1ccc(C(=O)N2CCN(S(=O)(=O)/C=C/c3ccccc3)CC2)cc1. The van der Waals surface area contributed by atoms with Gasteiger partial charge in [0.1, 0.15) is 5.75 Å². The second-order valence-corrected chi connectivity index (χ2v) is 8.39. The number of piperazine rings is 1. The van der Waals surface area contributed by atoms with Gasteiger partial charge in [0.25, 0.3) is 5.91 Å². The highest BCUT2D eigenvalue weighted by atomic mass is 32.2. The Morgan fingerprint density at radius 1 is 0.931 bits per heavy atom. The van der Waals surface area contributed by atoms with E-state index in [4.69, 9.17) is 4.74 Å². The van der Waals surface area contributed by atoms with Crippen molar-refractivity contribution in [3.63, 3.8) is 0 Å². The van der Waals surface area contributed by atoms with Crippen LogP contribution in [-0.2, 0) is 14.8 Å². The van der Waals surface area contributed by atoms with Crippen LogP contribution in [-0.4, -0.2) is 55.7 Å². The van der Waals surface area contributed by atoms with Crippen LogP contribution in [0.5, 0.6) is 5.75 Å². The number of rotatable bonds is 5. The van der Waals surface area contributed by atoms with Crippen molar-refractivity contribution in [2.45, 2.75) is 6.92 Å². The van der Waals surface area contributed by atoms with Crippen molar-refractivity contribution < 1.29 is 22.7 Å². The second-order valence-electron chi connectivity index (χ2n) is 6.57. The highest BCUT2D eigenvalue weighted by Crippen LogP contribution is 2.17. The lowest BCUT2D eigenvalue weighted by molar-refractivity contribution is -0.131. The molecular weight excluding hydrogens is 392 g/mol. The van der Waals surface area contributed by atoms with Gasteiger partial charge in [-0.2, -0.15) is 4.31 Å². The first-order valence-corrected chi connectivity index (χ1v) is 10.7. The van der Waals surface area contributed by atoms with E-state index in [9.17, 15) is 18.0 Å². The predicted molar refractivity (Wildman–Crippen MR) is 110 cm³/mol. The fourth-order valence-electron chi connectivity index (χ4n) is 2.97. The summed E-state index contributed by atoms with van der Waals surface area (Å²) in [7, 11) is -3.55. The van der Waals surface area contributed by atoms with Gasteiger partial charge in [-0.25, -0.2) is 8.42 Å². The summed E-state index contributed by atoms with van der Waals surface area (Å²) in [4.78, 5) is 25.2. The average molecular weight is 414 g/mol. The third-order valence-corrected chi connectivity index (χ3v) is 6.05. The minimum atomic E-state index is -3.55. The molecular formula is C21H22N2O5S. The predicted octanol–water partition coefficient (Wildman–Crippen LogP) is 2.37. The molecule has 3 rings (SSSR count). The van der Waals surface area contributed by atoms with E-state index < -0.39 is 16.0 Å². The number of sulfonamides is 1. The van der Waals surface area contributed by atoms with Gasteiger partial charge in [0, 0.05) is 44.1 Å². The first kappa shape index (κ1) is 20.8. The van der Waals surface area contributed by atoms with E-state index in [1.807, 2.05) is 30.3 Å². The number of carbonyl (C=O) groups excluding carboxylic acids is 2. The van der Waals surface area contributed by atoms with Crippen LogP contribution in [0.25, 0.3) is 6.08 Å². The number of nitrogens with zero attached hydrogens (tertiary/aromatic N) is 2. The number of benzene rings is 2. The largest absolute Gasteiger partial charge is 0.427 e. The van der Waals surface area contributed by atoms with Crippen LogP contribution in [0.2, 0.25) is 0 Å². The van der Waals surface area contributed by atoms with Crippen LogP contribution in [0.3, 0.4) is 0 Å². The molecule has 0 unspecified atom stereocenters. The summed E-state index contributed by atoms with van der Waals surface area (Å²) < 4.78 is 31.4. The summed E-state index contributed by atoms with van der Waals surface area (Å²) in [6.45, 7) is 2.39. The Bertz CT molecular complexity index is 993. The van der Waals surface area contributed by atoms with Gasteiger partial charge in [-0.15, -0.1) is 0 Å². The summed E-state index contributed by atoms with van der Waals surface area (Å²) in [6, 6.07) is 15.5. The molecule has 0 saturated carbocycles. The van der Waals surface area contributed by atoms with E-state index in [1.54, 1.807) is 35.2 Å². The molecule has 0 N–H and O–H groups in total. The summed E-state index contributed by atoms with van der Waals surface area (Å²) in [6.07, 6.45) is 1.57. The lowest BCUT2D eigenvalue weighted by Gasteiger charge is -2.33. The Morgan fingerprint density at radius 2 is 1.55 bits per heavy atom. The first-order chi connectivity index (χ1) is 13.8. The maximum atomic E-state index is 12.6. The zero-order valence-corrected chi connectivity index (χ0v) is 16.8. The monoisotopic (exact) mass is 414 g/mol. The molecule has 1 fully saturated rings. The molecule has 29 heavy (non-hydrogen) atoms. The van der Waals surface area contributed by atoms with Crippen LogP contribution in [0.4, 0.5) is 0 Å². The van der Waals surface area contributed by atoms with Gasteiger partial charge in [0.05, 0.1) is 0 Å². The van der Waals surface area contributed by atoms with Gasteiger partial charge < -0.3 is 9.64 Å². The van der Waals surface area contributed by atoms with E-state index >= 15 is 0 Å². The van der Waals surface area contributed by atoms with E-state index in [0.29, 0.717) is 24.4 Å². The van der Waals surface area contributed by atoms with E-state index in [-0.39, 0.29) is 19.0 Å². The van der Waals surface area contributed by atoms with Crippen LogP contribution < -0.4 is 4.74 Å². The van der Waals surface area contributed by atoms with Gasteiger partial charge in [0.2, 0.25) is 10.0 Å². The van der Waals surface area contributed by atoms with Crippen molar-refractivity contribution in [2.75, 3.05) is 26.2 Å². The highest BCUT2D eigenvalue weighted by molar-refractivity contribution is 7.92. The molecule has 0 bridgehead atoms. The topological polar surface area (TPSA) is 84.0 Å².